The minimum Gasteiger partial charge on any atom is -0.484 e. The van der Waals surface area contributed by atoms with Gasteiger partial charge in [-0.3, -0.25) is 14.6 Å². The molecule has 7 heteroatoms. The summed E-state index contributed by atoms with van der Waals surface area (Å²) in [6, 6.07) is 12.8. The first-order valence-electron chi connectivity index (χ1n) is 10.3. The summed E-state index contributed by atoms with van der Waals surface area (Å²) in [6.07, 6.45) is 2.63. The van der Waals surface area contributed by atoms with E-state index in [1.165, 1.54) is 0 Å². The van der Waals surface area contributed by atoms with Crippen molar-refractivity contribution in [1.82, 2.24) is 15.2 Å². The van der Waals surface area contributed by atoms with E-state index in [4.69, 9.17) is 16.3 Å². The SMILES string of the molecule is Cc1cccc(CNC(=O)C2CC23CCN(C(=O)COc2ccc(Cl)cc2)CC3)n1. The zero-order chi connectivity index (χ0) is 21.1. The number of hydrogen-bond acceptors (Lipinski definition) is 4. The highest BCUT2D eigenvalue weighted by Crippen LogP contribution is 2.59. The van der Waals surface area contributed by atoms with Gasteiger partial charge in [-0.15, -0.1) is 0 Å². The highest BCUT2D eigenvalue weighted by molar-refractivity contribution is 6.30. The third-order valence-electron chi connectivity index (χ3n) is 6.18. The van der Waals surface area contributed by atoms with E-state index >= 15 is 0 Å². The second-order valence-corrected chi connectivity index (χ2v) is 8.67. The van der Waals surface area contributed by atoms with E-state index in [1.807, 2.05) is 30.0 Å². The molecule has 0 radical (unpaired) electrons. The number of aromatic nitrogens is 1. The van der Waals surface area contributed by atoms with Crippen molar-refractivity contribution in [3.8, 4) is 5.75 Å². The summed E-state index contributed by atoms with van der Waals surface area (Å²) in [7, 11) is 0. The highest BCUT2D eigenvalue weighted by Gasteiger charge is 2.58. The van der Waals surface area contributed by atoms with Gasteiger partial charge in [0.15, 0.2) is 6.61 Å². The molecule has 6 nitrogen and oxygen atoms in total. The van der Waals surface area contributed by atoms with E-state index in [2.05, 4.69) is 10.3 Å². The van der Waals surface area contributed by atoms with Crippen molar-refractivity contribution < 1.29 is 14.3 Å². The molecule has 1 saturated carbocycles. The van der Waals surface area contributed by atoms with Crippen LogP contribution in [0, 0.1) is 18.3 Å². The monoisotopic (exact) mass is 427 g/mol. The zero-order valence-electron chi connectivity index (χ0n) is 17.1. The van der Waals surface area contributed by atoms with Crippen LogP contribution in [0.2, 0.25) is 5.02 Å². The van der Waals surface area contributed by atoms with Crippen molar-refractivity contribution in [3.63, 3.8) is 0 Å². The Labute approximate surface area is 181 Å². The van der Waals surface area contributed by atoms with Crippen LogP contribution >= 0.6 is 11.6 Å². The molecule has 2 amide bonds. The van der Waals surface area contributed by atoms with Crippen LogP contribution in [0.15, 0.2) is 42.5 Å². The number of benzene rings is 1. The fourth-order valence-electron chi connectivity index (χ4n) is 4.24. The van der Waals surface area contributed by atoms with Gasteiger partial charge in [-0.2, -0.15) is 0 Å². The molecule has 30 heavy (non-hydrogen) atoms. The molecule has 2 aromatic rings. The predicted octanol–water partition coefficient (Wildman–Crippen LogP) is 3.37. The Balaban J connectivity index is 1.21. The summed E-state index contributed by atoms with van der Waals surface area (Å²) in [4.78, 5) is 31.3. The van der Waals surface area contributed by atoms with Crippen LogP contribution in [-0.2, 0) is 16.1 Å². The molecule has 4 rings (SSSR count). The predicted molar refractivity (Wildman–Crippen MR) is 114 cm³/mol. The van der Waals surface area contributed by atoms with Crippen LogP contribution in [0.25, 0.3) is 0 Å². The maximum atomic E-state index is 12.6. The van der Waals surface area contributed by atoms with Gasteiger partial charge in [0.25, 0.3) is 5.91 Å². The Hall–Kier alpha value is -2.60. The standard InChI is InChI=1S/C23H26ClN3O3/c1-16-3-2-4-18(26-16)14-25-22(29)20-13-23(20)9-11-27(12-10-23)21(28)15-30-19-7-5-17(24)6-8-19/h2-8,20H,9-15H2,1H3,(H,25,29). The molecule has 158 valence electrons. The van der Waals surface area contributed by atoms with Crippen molar-refractivity contribution in [2.75, 3.05) is 19.7 Å². The number of hydrogen-bond donors (Lipinski definition) is 1. The summed E-state index contributed by atoms with van der Waals surface area (Å²) < 4.78 is 5.57. The Morgan fingerprint density at radius 2 is 1.93 bits per heavy atom. The van der Waals surface area contributed by atoms with E-state index in [0.717, 1.165) is 30.7 Å². The van der Waals surface area contributed by atoms with Gasteiger partial charge in [0.1, 0.15) is 5.75 Å². The Morgan fingerprint density at radius 3 is 2.63 bits per heavy atom. The summed E-state index contributed by atoms with van der Waals surface area (Å²) in [5.41, 5.74) is 1.87. The van der Waals surface area contributed by atoms with Gasteiger partial charge in [-0.1, -0.05) is 17.7 Å². The number of nitrogens with one attached hydrogen (secondary N) is 1. The Kier molecular flexibility index (Phi) is 5.95. The summed E-state index contributed by atoms with van der Waals surface area (Å²) >= 11 is 5.86. The van der Waals surface area contributed by atoms with E-state index in [0.29, 0.717) is 30.4 Å². The van der Waals surface area contributed by atoms with Crippen molar-refractivity contribution in [1.29, 1.82) is 0 Å². The molecule has 1 aromatic carbocycles. The number of halogens is 1. The lowest BCUT2D eigenvalue weighted by molar-refractivity contribution is -0.135. The van der Waals surface area contributed by atoms with Crippen LogP contribution in [0.4, 0.5) is 0 Å². The second kappa shape index (κ2) is 8.64. The first-order valence-corrected chi connectivity index (χ1v) is 10.7. The summed E-state index contributed by atoms with van der Waals surface area (Å²) in [6.45, 7) is 3.76. The third-order valence-corrected chi connectivity index (χ3v) is 6.44. The zero-order valence-corrected chi connectivity index (χ0v) is 17.8. The molecule has 1 N–H and O–H groups in total. The number of carbonyl (C=O) groups excluding carboxylic acids is 2. The maximum absolute atomic E-state index is 12.6. The van der Waals surface area contributed by atoms with E-state index < -0.39 is 0 Å². The molecular weight excluding hydrogens is 402 g/mol. The van der Waals surface area contributed by atoms with Crippen LogP contribution in [0.5, 0.6) is 5.75 Å². The molecule has 1 unspecified atom stereocenters. The number of pyridine rings is 1. The van der Waals surface area contributed by atoms with Gasteiger partial charge >= 0.3 is 0 Å². The lowest BCUT2D eigenvalue weighted by Crippen LogP contribution is -2.42. The number of ether oxygens (including phenoxy) is 1. The molecule has 2 fully saturated rings. The molecule has 1 aliphatic carbocycles. The fourth-order valence-corrected chi connectivity index (χ4v) is 4.36. The van der Waals surface area contributed by atoms with Gasteiger partial charge < -0.3 is 15.0 Å². The molecule has 0 bridgehead atoms. The summed E-state index contributed by atoms with van der Waals surface area (Å²) in [5.74, 6) is 0.754. The van der Waals surface area contributed by atoms with Crippen molar-refractivity contribution in [2.24, 2.45) is 11.3 Å². The van der Waals surface area contributed by atoms with Crippen molar-refractivity contribution >= 4 is 23.4 Å². The topological polar surface area (TPSA) is 71.5 Å². The van der Waals surface area contributed by atoms with Gasteiger partial charge in [0.2, 0.25) is 5.91 Å². The lowest BCUT2D eigenvalue weighted by atomic mass is 9.90. The number of aryl methyl sites for hydroxylation is 1. The molecule has 1 aliphatic heterocycles. The largest absolute Gasteiger partial charge is 0.484 e. The molecule has 2 heterocycles. The number of piperidine rings is 1. The minimum atomic E-state index is -0.0213. The Morgan fingerprint density at radius 1 is 1.20 bits per heavy atom. The van der Waals surface area contributed by atoms with Crippen LogP contribution in [0.1, 0.15) is 30.7 Å². The molecule has 1 aromatic heterocycles. The van der Waals surface area contributed by atoms with E-state index in [9.17, 15) is 9.59 Å². The molecule has 2 aliphatic rings. The van der Waals surface area contributed by atoms with Gasteiger partial charge in [0.05, 0.1) is 12.2 Å². The van der Waals surface area contributed by atoms with Crippen LogP contribution < -0.4 is 10.1 Å². The van der Waals surface area contributed by atoms with Crippen LogP contribution in [-0.4, -0.2) is 41.4 Å². The van der Waals surface area contributed by atoms with Crippen molar-refractivity contribution in [2.45, 2.75) is 32.7 Å². The van der Waals surface area contributed by atoms with Gasteiger partial charge in [-0.25, -0.2) is 0 Å². The number of likely N-dealkylation sites (tertiary alicyclic amines) is 1. The third kappa shape index (κ3) is 4.75. The van der Waals surface area contributed by atoms with E-state index in [-0.39, 0.29) is 29.8 Å². The number of carbonyl (C=O) groups is 2. The summed E-state index contributed by atoms with van der Waals surface area (Å²) in [5, 5.41) is 3.66. The Bertz CT molecular complexity index is 924. The normalized spacial score (nSPS) is 19.4. The number of amides is 2. The second-order valence-electron chi connectivity index (χ2n) is 8.23. The van der Waals surface area contributed by atoms with Crippen molar-refractivity contribution in [3.05, 3.63) is 58.9 Å². The first-order chi connectivity index (χ1) is 14.4. The molecule has 1 spiro atoms. The molecule has 1 saturated heterocycles. The fraction of sp³-hybridized carbons (Fsp3) is 0.435. The maximum Gasteiger partial charge on any atom is 0.260 e. The van der Waals surface area contributed by atoms with Gasteiger partial charge in [-0.05, 0) is 68.0 Å². The smallest absolute Gasteiger partial charge is 0.260 e. The average Bonchev–Trinajstić information content (AvgIpc) is 3.45. The quantitative estimate of drug-likeness (QED) is 0.767. The number of rotatable bonds is 6. The lowest BCUT2D eigenvalue weighted by Gasteiger charge is -2.32. The highest BCUT2D eigenvalue weighted by atomic mass is 35.5. The van der Waals surface area contributed by atoms with E-state index in [1.54, 1.807) is 24.3 Å². The molecule has 1 atom stereocenters. The average molecular weight is 428 g/mol. The first kappa shape index (κ1) is 20.7. The van der Waals surface area contributed by atoms with Gasteiger partial charge in [0, 0.05) is 29.7 Å². The minimum absolute atomic E-state index is 0.0159. The molecular formula is C23H26ClN3O3. The van der Waals surface area contributed by atoms with Crippen LogP contribution in [0.3, 0.4) is 0 Å². The number of nitrogens with zero attached hydrogens (tertiary/aromatic N) is 2.